The number of nitrogens with one attached hydrogen (secondary N) is 1. The Morgan fingerprint density at radius 2 is 1.86 bits per heavy atom. The minimum Gasteiger partial charge on any atom is -0.350 e. The molecule has 0 spiro atoms. The maximum Gasteiger partial charge on any atom is 0.256 e. The van der Waals surface area contributed by atoms with Crippen LogP contribution >= 0.6 is 23.2 Å². The van der Waals surface area contributed by atoms with Gasteiger partial charge < -0.3 is 5.32 Å². The van der Waals surface area contributed by atoms with Gasteiger partial charge in [-0.25, -0.2) is 4.98 Å². The molecule has 7 heteroatoms. The number of carbonyl (C=O) groups is 1. The molecule has 0 aliphatic rings. The number of rotatable bonds is 4. The van der Waals surface area contributed by atoms with Gasteiger partial charge in [0.05, 0.1) is 6.33 Å². The van der Waals surface area contributed by atoms with E-state index in [0.29, 0.717) is 40.0 Å². The third kappa shape index (κ3) is 3.87. The monoisotopic (exact) mass is 339 g/mol. The highest BCUT2D eigenvalue weighted by Crippen LogP contribution is 2.18. The zero-order valence-corrected chi connectivity index (χ0v) is 13.7. The van der Waals surface area contributed by atoms with Crippen molar-refractivity contribution in [2.45, 2.75) is 20.4 Å². The lowest BCUT2D eigenvalue weighted by atomic mass is 10.2. The number of aromatic nitrogens is 2. The molecule has 0 unspecified atom stereocenters. The molecule has 5 nitrogen and oxygen atoms in total. The molecule has 1 heterocycles. The molecule has 2 aromatic rings. The third-order valence-electron chi connectivity index (χ3n) is 3.28. The van der Waals surface area contributed by atoms with Crippen molar-refractivity contribution in [3.8, 4) is 0 Å². The molecule has 1 aromatic heterocycles. The van der Waals surface area contributed by atoms with Gasteiger partial charge in [-0.15, -0.1) is 0 Å². The highest BCUT2D eigenvalue weighted by atomic mass is 35.5. The standard InChI is InChI=1S/C15H15Cl2N3O2/c1-9-10(2)19-8-20(15(9)22)4-3-18-14(21)11-5-12(16)7-13(17)6-11/h5-8H,3-4H2,1-2H3,(H,18,21). The van der Waals surface area contributed by atoms with E-state index < -0.39 is 0 Å². The van der Waals surface area contributed by atoms with E-state index in [2.05, 4.69) is 10.3 Å². The van der Waals surface area contributed by atoms with E-state index in [1.807, 2.05) is 0 Å². The van der Waals surface area contributed by atoms with Gasteiger partial charge in [0, 0.05) is 40.0 Å². The lowest BCUT2D eigenvalue weighted by Gasteiger charge is -2.09. The molecule has 0 atom stereocenters. The van der Waals surface area contributed by atoms with Crippen molar-refractivity contribution < 1.29 is 4.79 Å². The SMILES string of the molecule is Cc1ncn(CCNC(=O)c2cc(Cl)cc(Cl)c2)c(=O)c1C. The second kappa shape index (κ2) is 6.94. The average molecular weight is 340 g/mol. The van der Waals surface area contributed by atoms with Gasteiger partial charge in [-0.1, -0.05) is 23.2 Å². The van der Waals surface area contributed by atoms with Crippen molar-refractivity contribution >= 4 is 29.1 Å². The molecule has 1 N–H and O–H groups in total. The summed E-state index contributed by atoms with van der Waals surface area (Å²) >= 11 is 11.7. The van der Waals surface area contributed by atoms with Gasteiger partial charge in [-0.3, -0.25) is 14.2 Å². The van der Waals surface area contributed by atoms with E-state index in [4.69, 9.17) is 23.2 Å². The van der Waals surface area contributed by atoms with Crippen LogP contribution in [0.5, 0.6) is 0 Å². The van der Waals surface area contributed by atoms with Crippen LogP contribution in [0.2, 0.25) is 10.0 Å². The highest BCUT2D eigenvalue weighted by molar-refractivity contribution is 6.35. The van der Waals surface area contributed by atoms with E-state index in [0.717, 1.165) is 0 Å². The number of amides is 1. The summed E-state index contributed by atoms with van der Waals surface area (Å²) in [7, 11) is 0. The van der Waals surface area contributed by atoms with Crippen LogP contribution in [0.25, 0.3) is 0 Å². The molecule has 1 aromatic carbocycles. The molecule has 22 heavy (non-hydrogen) atoms. The van der Waals surface area contributed by atoms with Crippen LogP contribution in [0.15, 0.2) is 29.3 Å². The van der Waals surface area contributed by atoms with Crippen molar-refractivity contribution in [2.24, 2.45) is 0 Å². The first-order valence-electron chi connectivity index (χ1n) is 6.65. The lowest BCUT2D eigenvalue weighted by molar-refractivity contribution is 0.0952. The van der Waals surface area contributed by atoms with Crippen LogP contribution in [0, 0.1) is 13.8 Å². The number of carbonyl (C=O) groups excluding carboxylic acids is 1. The number of benzene rings is 1. The average Bonchev–Trinajstić information content (AvgIpc) is 2.46. The van der Waals surface area contributed by atoms with Crippen molar-refractivity contribution in [3.63, 3.8) is 0 Å². The van der Waals surface area contributed by atoms with Crippen molar-refractivity contribution in [1.82, 2.24) is 14.9 Å². The second-order valence-corrected chi connectivity index (χ2v) is 5.74. The van der Waals surface area contributed by atoms with Gasteiger partial charge in [0.25, 0.3) is 11.5 Å². The van der Waals surface area contributed by atoms with E-state index >= 15 is 0 Å². The summed E-state index contributed by atoms with van der Waals surface area (Å²) in [4.78, 5) is 28.1. The quantitative estimate of drug-likeness (QED) is 0.931. The zero-order valence-electron chi connectivity index (χ0n) is 12.2. The third-order valence-corrected chi connectivity index (χ3v) is 3.71. The minimum atomic E-state index is -0.297. The lowest BCUT2D eigenvalue weighted by Crippen LogP contribution is -2.32. The Bertz CT molecular complexity index is 752. The molecule has 0 fully saturated rings. The number of hydrogen-bond donors (Lipinski definition) is 1. The van der Waals surface area contributed by atoms with Crippen LogP contribution in [-0.2, 0) is 6.54 Å². The van der Waals surface area contributed by atoms with Crippen molar-refractivity contribution in [3.05, 3.63) is 61.7 Å². The van der Waals surface area contributed by atoms with Crippen LogP contribution < -0.4 is 10.9 Å². The summed E-state index contributed by atoms with van der Waals surface area (Å²) in [6.07, 6.45) is 1.48. The summed E-state index contributed by atoms with van der Waals surface area (Å²) in [6, 6.07) is 4.62. The minimum absolute atomic E-state index is 0.104. The summed E-state index contributed by atoms with van der Waals surface area (Å²) in [6.45, 7) is 4.15. The normalized spacial score (nSPS) is 10.5. The first-order valence-corrected chi connectivity index (χ1v) is 7.41. The van der Waals surface area contributed by atoms with Crippen molar-refractivity contribution in [2.75, 3.05) is 6.54 Å². The fourth-order valence-corrected chi connectivity index (χ4v) is 2.44. The number of nitrogens with zero attached hydrogens (tertiary/aromatic N) is 2. The van der Waals surface area contributed by atoms with Gasteiger partial charge in [-0.2, -0.15) is 0 Å². The maximum absolute atomic E-state index is 12.0. The van der Waals surface area contributed by atoms with Gasteiger partial charge in [-0.05, 0) is 32.0 Å². The second-order valence-electron chi connectivity index (χ2n) is 4.87. The first kappa shape index (κ1) is 16.5. The van der Waals surface area contributed by atoms with Crippen molar-refractivity contribution in [1.29, 1.82) is 0 Å². The molecular formula is C15H15Cl2N3O2. The molecule has 0 saturated carbocycles. The predicted octanol–water partition coefficient (Wildman–Crippen LogP) is 2.60. The Morgan fingerprint density at radius 3 is 2.50 bits per heavy atom. The molecule has 0 aliphatic carbocycles. The molecule has 0 bridgehead atoms. The summed E-state index contributed by atoms with van der Waals surface area (Å²) in [5, 5.41) is 3.51. The molecular weight excluding hydrogens is 325 g/mol. The van der Waals surface area contributed by atoms with E-state index in [1.54, 1.807) is 19.9 Å². The Morgan fingerprint density at radius 1 is 1.23 bits per heavy atom. The van der Waals surface area contributed by atoms with E-state index in [1.165, 1.54) is 23.0 Å². The van der Waals surface area contributed by atoms with Gasteiger partial charge >= 0.3 is 0 Å². The molecule has 0 saturated heterocycles. The molecule has 2 rings (SSSR count). The van der Waals surface area contributed by atoms with Crippen LogP contribution in [0.3, 0.4) is 0 Å². The maximum atomic E-state index is 12.0. The van der Waals surface area contributed by atoms with Gasteiger partial charge in [0.1, 0.15) is 0 Å². The molecule has 116 valence electrons. The Kier molecular flexibility index (Phi) is 5.21. The first-order chi connectivity index (χ1) is 10.4. The predicted molar refractivity (Wildman–Crippen MR) is 86.8 cm³/mol. The fraction of sp³-hybridized carbons (Fsp3) is 0.267. The van der Waals surface area contributed by atoms with Crippen LogP contribution in [-0.4, -0.2) is 22.0 Å². The Hall–Kier alpha value is -1.85. The number of aryl methyl sites for hydroxylation is 1. The summed E-state index contributed by atoms with van der Waals surface area (Å²) in [5.74, 6) is -0.297. The largest absolute Gasteiger partial charge is 0.350 e. The van der Waals surface area contributed by atoms with Crippen LogP contribution in [0.1, 0.15) is 21.6 Å². The summed E-state index contributed by atoms with van der Waals surface area (Å²) < 4.78 is 1.47. The fourth-order valence-electron chi connectivity index (χ4n) is 1.91. The number of halogens is 2. The molecule has 0 radical (unpaired) electrons. The van der Waals surface area contributed by atoms with Gasteiger partial charge in [0.2, 0.25) is 0 Å². The summed E-state index contributed by atoms with van der Waals surface area (Å²) in [5.41, 5.74) is 1.59. The topological polar surface area (TPSA) is 64.0 Å². The molecule has 1 amide bonds. The van der Waals surface area contributed by atoms with E-state index in [-0.39, 0.29) is 11.5 Å². The molecule has 0 aliphatic heterocycles. The highest BCUT2D eigenvalue weighted by Gasteiger charge is 2.08. The number of hydrogen-bond acceptors (Lipinski definition) is 3. The zero-order chi connectivity index (χ0) is 16.3. The Labute approximate surface area is 137 Å². The Balaban J connectivity index is 2.01. The van der Waals surface area contributed by atoms with E-state index in [9.17, 15) is 9.59 Å². The smallest absolute Gasteiger partial charge is 0.256 e. The van der Waals surface area contributed by atoms with Crippen LogP contribution in [0.4, 0.5) is 0 Å². The van der Waals surface area contributed by atoms with Gasteiger partial charge in [0.15, 0.2) is 0 Å².